The Kier molecular flexibility index (Phi) is 3.26. The Morgan fingerprint density at radius 2 is 2.19 bits per heavy atom. The third-order valence-corrected chi connectivity index (χ3v) is 2.20. The molecule has 0 saturated heterocycles. The third-order valence-electron chi connectivity index (χ3n) is 2.20. The molecule has 0 fully saturated rings. The summed E-state index contributed by atoms with van der Waals surface area (Å²) in [5.74, 6) is -0.303. The van der Waals surface area contributed by atoms with Crippen LogP contribution in [0.1, 0.15) is 12.6 Å². The van der Waals surface area contributed by atoms with Gasteiger partial charge < -0.3 is 5.32 Å². The molecule has 1 heterocycles. The molecule has 2 aromatic rings. The quantitative estimate of drug-likeness (QED) is 0.849. The molecule has 1 N–H and O–H groups in total. The summed E-state index contributed by atoms with van der Waals surface area (Å²) in [5.41, 5.74) is 1.21. The zero-order valence-corrected chi connectivity index (χ0v) is 9.02. The van der Waals surface area contributed by atoms with E-state index in [1.807, 2.05) is 6.92 Å². The average Bonchev–Trinajstić information content (AvgIpc) is 2.75. The van der Waals surface area contributed by atoms with Crippen LogP contribution in [0.4, 0.5) is 4.39 Å². The van der Waals surface area contributed by atoms with Crippen LogP contribution >= 0.6 is 0 Å². The SMILES string of the molecule is CCNCc1cn(-c2ccccc2F)nn1. The van der Waals surface area contributed by atoms with Crippen molar-refractivity contribution in [2.75, 3.05) is 6.54 Å². The zero-order chi connectivity index (χ0) is 11.4. The highest BCUT2D eigenvalue weighted by Gasteiger charge is 2.06. The maximum absolute atomic E-state index is 13.4. The maximum atomic E-state index is 13.4. The lowest BCUT2D eigenvalue weighted by molar-refractivity contribution is 0.607. The van der Waals surface area contributed by atoms with E-state index >= 15 is 0 Å². The van der Waals surface area contributed by atoms with E-state index in [9.17, 15) is 4.39 Å². The summed E-state index contributed by atoms with van der Waals surface area (Å²) in [7, 11) is 0. The van der Waals surface area contributed by atoms with Gasteiger partial charge in [0, 0.05) is 6.54 Å². The zero-order valence-electron chi connectivity index (χ0n) is 9.02. The van der Waals surface area contributed by atoms with Gasteiger partial charge >= 0.3 is 0 Å². The molecule has 0 atom stereocenters. The van der Waals surface area contributed by atoms with Gasteiger partial charge in [0.25, 0.3) is 0 Å². The second-order valence-electron chi connectivity index (χ2n) is 3.39. The van der Waals surface area contributed by atoms with Crippen molar-refractivity contribution in [3.05, 3.63) is 42.0 Å². The first kappa shape index (κ1) is 10.8. The van der Waals surface area contributed by atoms with Gasteiger partial charge in [-0.25, -0.2) is 9.07 Å². The summed E-state index contributed by atoms with van der Waals surface area (Å²) >= 11 is 0. The molecule has 0 unspecified atom stereocenters. The van der Waals surface area contributed by atoms with Crippen LogP contribution in [0.25, 0.3) is 5.69 Å². The summed E-state index contributed by atoms with van der Waals surface area (Å²) in [4.78, 5) is 0. The van der Waals surface area contributed by atoms with Gasteiger partial charge in [0.2, 0.25) is 0 Å². The highest BCUT2D eigenvalue weighted by Crippen LogP contribution is 2.11. The predicted octanol–water partition coefficient (Wildman–Crippen LogP) is 1.52. The third kappa shape index (κ3) is 2.25. The van der Waals surface area contributed by atoms with Crippen molar-refractivity contribution in [2.24, 2.45) is 0 Å². The fourth-order valence-corrected chi connectivity index (χ4v) is 1.39. The lowest BCUT2D eigenvalue weighted by atomic mass is 10.3. The van der Waals surface area contributed by atoms with Crippen molar-refractivity contribution in [1.82, 2.24) is 20.3 Å². The Bertz CT molecular complexity index is 467. The van der Waals surface area contributed by atoms with Gasteiger partial charge in [0.05, 0.1) is 11.9 Å². The average molecular weight is 220 g/mol. The fraction of sp³-hybridized carbons (Fsp3) is 0.273. The molecule has 84 valence electrons. The number of aromatic nitrogens is 3. The van der Waals surface area contributed by atoms with Crippen LogP contribution in [-0.4, -0.2) is 21.5 Å². The number of hydrogen-bond donors (Lipinski definition) is 1. The monoisotopic (exact) mass is 220 g/mol. The second kappa shape index (κ2) is 4.85. The molecule has 5 heteroatoms. The summed E-state index contributed by atoms with van der Waals surface area (Å²) in [6.45, 7) is 3.53. The lowest BCUT2D eigenvalue weighted by Crippen LogP contribution is -2.11. The fourth-order valence-electron chi connectivity index (χ4n) is 1.39. The van der Waals surface area contributed by atoms with Crippen LogP contribution in [0.3, 0.4) is 0 Å². The molecule has 0 saturated carbocycles. The number of para-hydroxylation sites is 1. The first-order valence-electron chi connectivity index (χ1n) is 5.18. The van der Waals surface area contributed by atoms with Gasteiger partial charge in [-0.15, -0.1) is 5.10 Å². The number of benzene rings is 1. The Labute approximate surface area is 93.1 Å². The largest absolute Gasteiger partial charge is 0.311 e. The molecular formula is C11H13FN4. The highest BCUT2D eigenvalue weighted by atomic mass is 19.1. The number of nitrogens with zero attached hydrogens (tertiary/aromatic N) is 3. The molecule has 0 radical (unpaired) electrons. The highest BCUT2D eigenvalue weighted by molar-refractivity contribution is 5.32. The summed E-state index contributed by atoms with van der Waals surface area (Å²) in [6.07, 6.45) is 1.72. The van der Waals surface area contributed by atoms with Crippen LogP contribution in [0.5, 0.6) is 0 Å². The van der Waals surface area contributed by atoms with Gasteiger partial charge in [-0.3, -0.25) is 0 Å². The van der Waals surface area contributed by atoms with Crippen LogP contribution in [0, 0.1) is 5.82 Å². The molecule has 16 heavy (non-hydrogen) atoms. The van der Waals surface area contributed by atoms with E-state index in [2.05, 4.69) is 15.6 Å². The molecule has 0 bridgehead atoms. The van der Waals surface area contributed by atoms with E-state index < -0.39 is 0 Å². The van der Waals surface area contributed by atoms with E-state index in [0.29, 0.717) is 12.2 Å². The Hall–Kier alpha value is -1.75. The molecule has 1 aromatic carbocycles. The van der Waals surface area contributed by atoms with Gasteiger partial charge in [0.15, 0.2) is 0 Å². The van der Waals surface area contributed by atoms with E-state index in [1.165, 1.54) is 10.7 Å². The predicted molar refractivity (Wildman–Crippen MR) is 58.7 cm³/mol. The maximum Gasteiger partial charge on any atom is 0.148 e. The van der Waals surface area contributed by atoms with Crippen LogP contribution in [0.2, 0.25) is 0 Å². The minimum Gasteiger partial charge on any atom is -0.311 e. The number of nitrogens with one attached hydrogen (secondary N) is 1. The minimum absolute atomic E-state index is 0.303. The minimum atomic E-state index is -0.303. The first-order chi connectivity index (χ1) is 7.81. The van der Waals surface area contributed by atoms with Crippen molar-refractivity contribution in [3.8, 4) is 5.69 Å². The van der Waals surface area contributed by atoms with Crippen LogP contribution in [-0.2, 0) is 6.54 Å². The van der Waals surface area contributed by atoms with Crippen molar-refractivity contribution < 1.29 is 4.39 Å². The van der Waals surface area contributed by atoms with E-state index in [0.717, 1.165) is 12.2 Å². The summed E-state index contributed by atoms with van der Waals surface area (Å²) in [5, 5.41) is 11.0. The molecule has 0 aliphatic heterocycles. The topological polar surface area (TPSA) is 42.7 Å². The van der Waals surface area contributed by atoms with E-state index in [4.69, 9.17) is 0 Å². The molecule has 4 nitrogen and oxygen atoms in total. The van der Waals surface area contributed by atoms with Gasteiger partial charge in [0.1, 0.15) is 11.5 Å². The normalized spacial score (nSPS) is 10.6. The second-order valence-corrected chi connectivity index (χ2v) is 3.39. The Balaban J connectivity index is 2.22. The smallest absolute Gasteiger partial charge is 0.148 e. The summed E-state index contributed by atoms with van der Waals surface area (Å²) < 4.78 is 14.9. The van der Waals surface area contributed by atoms with Crippen molar-refractivity contribution in [1.29, 1.82) is 0 Å². The number of halogens is 1. The molecule has 0 aliphatic carbocycles. The van der Waals surface area contributed by atoms with Crippen molar-refractivity contribution in [2.45, 2.75) is 13.5 Å². The molecule has 0 aliphatic rings. The van der Waals surface area contributed by atoms with Gasteiger partial charge in [-0.1, -0.05) is 24.3 Å². The van der Waals surface area contributed by atoms with Gasteiger partial charge in [-0.2, -0.15) is 0 Å². The van der Waals surface area contributed by atoms with Crippen molar-refractivity contribution >= 4 is 0 Å². The lowest BCUT2D eigenvalue weighted by Gasteiger charge is -2.00. The molecule has 0 spiro atoms. The summed E-state index contributed by atoms with van der Waals surface area (Å²) in [6, 6.07) is 6.49. The molecule has 1 aromatic heterocycles. The van der Waals surface area contributed by atoms with E-state index in [1.54, 1.807) is 24.4 Å². The van der Waals surface area contributed by atoms with Crippen molar-refractivity contribution in [3.63, 3.8) is 0 Å². The van der Waals surface area contributed by atoms with E-state index in [-0.39, 0.29) is 5.82 Å². The standard InChI is InChI=1S/C11H13FN4/c1-2-13-7-9-8-16(15-14-9)11-6-4-3-5-10(11)12/h3-6,8,13H,2,7H2,1H3. The number of hydrogen-bond acceptors (Lipinski definition) is 3. The Morgan fingerprint density at radius 3 is 2.94 bits per heavy atom. The molecule has 2 rings (SSSR count). The molecular weight excluding hydrogens is 207 g/mol. The van der Waals surface area contributed by atoms with Crippen LogP contribution < -0.4 is 5.32 Å². The van der Waals surface area contributed by atoms with Crippen LogP contribution in [0.15, 0.2) is 30.5 Å². The first-order valence-corrected chi connectivity index (χ1v) is 5.18. The number of rotatable bonds is 4. The van der Waals surface area contributed by atoms with Gasteiger partial charge in [-0.05, 0) is 18.7 Å². The molecule has 0 amide bonds. The Morgan fingerprint density at radius 1 is 1.38 bits per heavy atom.